The van der Waals surface area contributed by atoms with Crippen LogP contribution >= 0.6 is 0 Å². The van der Waals surface area contributed by atoms with Crippen LogP contribution in [0.25, 0.3) is 0 Å². The molecule has 2 N–H and O–H groups in total. The fourth-order valence-electron chi connectivity index (χ4n) is 2.55. The van der Waals surface area contributed by atoms with Gasteiger partial charge < -0.3 is 15.5 Å². The first-order valence-electron chi connectivity index (χ1n) is 6.76. The summed E-state index contributed by atoms with van der Waals surface area (Å²) < 4.78 is 0. The van der Waals surface area contributed by atoms with E-state index in [1.807, 2.05) is 13.8 Å². The van der Waals surface area contributed by atoms with Crippen molar-refractivity contribution in [3.05, 3.63) is 0 Å². The molecular weight excluding hydrogens is 230 g/mol. The van der Waals surface area contributed by atoms with Crippen molar-refractivity contribution < 1.29 is 9.59 Å². The van der Waals surface area contributed by atoms with E-state index < -0.39 is 5.54 Å². The molecule has 5 nitrogen and oxygen atoms in total. The molecule has 0 aromatic rings. The molecule has 1 aliphatic rings. The molecule has 0 aromatic carbocycles. The van der Waals surface area contributed by atoms with Crippen molar-refractivity contribution in [2.45, 2.75) is 45.1 Å². The zero-order valence-electron chi connectivity index (χ0n) is 11.7. The molecule has 0 unspecified atom stereocenters. The summed E-state index contributed by atoms with van der Waals surface area (Å²) in [5.41, 5.74) is 5.37. The smallest absolute Gasteiger partial charge is 0.242 e. The van der Waals surface area contributed by atoms with Crippen molar-refractivity contribution in [3.63, 3.8) is 0 Å². The van der Waals surface area contributed by atoms with E-state index in [4.69, 9.17) is 5.73 Å². The first kappa shape index (κ1) is 15.0. The van der Waals surface area contributed by atoms with Crippen LogP contribution in [-0.4, -0.2) is 53.8 Å². The van der Waals surface area contributed by atoms with Crippen molar-refractivity contribution in [1.29, 1.82) is 0 Å². The summed E-state index contributed by atoms with van der Waals surface area (Å²) in [6, 6.07) is 0. The predicted molar refractivity (Wildman–Crippen MR) is 71.0 cm³/mol. The first-order valence-corrected chi connectivity index (χ1v) is 6.76. The Morgan fingerprint density at radius 1 is 1.17 bits per heavy atom. The Bertz CT molecular complexity index is 307. The molecule has 0 saturated heterocycles. The van der Waals surface area contributed by atoms with Gasteiger partial charge >= 0.3 is 0 Å². The van der Waals surface area contributed by atoms with E-state index in [9.17, 15) is 9.59 Å². The quantitative estimate of drug-likeness (QED) is 0.781. The predicted octanol–water partition coefficient (Wildman–Crippen LogP) is 0.585. The third kappa shape index (κ3) is 3.22. The summed E-state index contributed by atoms with van der Waals surface area (Å²) in [5.74, 6) is -0.113. The van der Waals surface area contributed by atoms with Crippen LogP contribution in [0.5, 0.6) is 0 Å². The van der Waals surface area contributed by atoms with Gasteiger partial charge in [-0.15, -0.1) is 0 Å². The number of hydrogen-bond acceptors (Lipinski definition) is 3. The molecule has 1 fully saturated rings. The highest BCUT2D eigenvalue weighted by molar-refractivity contribution is 5.90. The van der Waals surface area contributed by atoms with Crippen LogP contribution in [0.15, 0.2) is 0 Å². The number of nitrogens with zero attached hydrogens (tertiary/aromatic N) is 2. The van der Waals surface area contributed by atoms with Gasteiger partial charge in [-0.3, -0.25) is 9.59 Å². The molecule has 5 heteroatoms. The highest BCUT2D eigenvalue weighted by atomic mass is 16.2. The summed E-state index contributed by atoms with van der Waals surface area (Å²) in [6.45, 7) is 5.34. The molecule has 104 valence electrons. The van der Waals surface area contributed by atoms with Gasteiger partial charge in [0, 0.05) is 20.1 Å². The van der Waals surface area contributed by atoms with E-state index in [1.165, 1.54) is 4.90 Å². The number of carbonyl (C=O) groups is 2. The number of rotatable bonds is 5. The number of nitrogens with two attached hydrogens (primary N) is 1. The average molecular weight is 255 g/mol. The van der Waals surface area contributed by atoms with Gasteiger partial charge in [0.2, 0.25) is 11.8 Å². The average Bonchev–Trinajstić information content (AvgIpc) is 2.78. The monoisotopic (exact) mass is 255 g/mol. The lowest BCUT2D eigenvalue weighted by atomic mass is 9.97. The van der Waals surface area contributed by atoms with Crippen LogP contribution in [-0.2, 0) is 9.59 Å². The van der Waals surface area contributed by atoms with E-state index in [1.54, 1.807) is 11.9 Å². The number of hydrogen-bond donors (Lipinski definition) is 1. The minimum absolute atomic E-state index is 0.0163. The summed E-state index contributed by atoms with van der Waals surface area (Å²) in [5, 5.41) is 0. The minimum atomic E-state index is -0.738. The van der Waals surface area contributed by atoms with Gasteiger partial charge in [-0.1, -0.05) is 12.8 Å². The summed E-state index contributed by atoms with van der Waals surface area (Å²) in [6.07, 6.45) is 3.46. The Kier molecular flexibility index (Phi) is 5.14. The summed E-state index contributed by atoms with van der Waals surface area (Å²) in [7, 11) is 1.66. The second-order valence-electron chi connectivity index (χ2n) is 5.09. The Morgan fingerprint density at radius 2 is 1.67 bits per heavy atom. The molecule has 0 radical (unpaired) electrons. The van der Waals surface area contributed by atoms with Crippen molar-refractivity contribution in [2.24, 2.45) is 5.73 Å². The standard InChI is InChI=1S/C13H25N3O2/c1-4-16(5-2)11(17)10-15(3)12(18)13(14)8-6-7-9-13/h4-10,14H2,1-3H3. The van der Waals surface area contributed by atoms with E-state index in [2.05, 4.69) is 0 Å². The van der Waals surface area contributed by atoms with Crippen LogP contribution in [0.2, 0.25) is 0 Å². The van der Waals surface area contributed by atoms with Gasteiger partial charge in [0.15, 0.2) is 0 Å². The Labute approximate surface area is 109 Å². The molecule has 18 heavy (non-hydrogen) atoms. The maximum absolute atomic E-state index is 12.2. The minimum Gasteiger partial charge on any atom is -0.342 e. The van der Waals surface area contributed by atoms with E-state index in [0.717, 1.165) is 25.7 Å². The largest absolute Gasteiger partial charge is 0.342 e. The van der Waals surface area contributed by atoms with Gasteiger partial charge in [0.05, 0.1) is 12.1 Å². The normalized spacial score (nSPS) is 17.6. The third-order valence-corrected chi connectivity index (χ3v) is 3.76. The first-order chi connectivity index (χ1) is 8.44. The molecule has 0 spiro atoms. The topological polar surface area (TPSA) is 66.6 Å². The number of amides is 2. The fourth-order valence-corrected chi connectivity index (χ4v) is 2.55. The van der Waals surface area contributed by atoms with E-state index >= 15 is 0 Å². The van der Waals surface area contributed by atoms with Crippen molar-refractivity contribution >= 4 is 11.8 Å². The zero-order valence-corrected chi connectivity index (χ0v) is 11.7. The zero-order chi connectivity index (χ0) is 13.8. The molecule has 1 saturated carbocycles. The van der Waals surface area contributed by atoms with Crippen LogP contribution in [0.4, 0.5) is 0 Å². The third-order valence-electron chi connectivity index (χ3n) is 3.76. The van der Waals surface area contributed by atoms with Gasteiger partial charge in [-0.25, -0.2) is 0 Å². The van der Waals surface area contributed by atoms with Crippen molar-refractivity contribution in [2.75, 3.05) is 26.7 Å². The molecule has 0 aromatic heterocycles. The lowest BCUT2D eigenvalue weighted by molar-refractivity contribution is -0.142. The van der Waals surface area contributed by atoms with Gasteiger partial charge in [-0.05, 0) is 26.7 Å². The second-order valence-corrected chi connectivity index (χ2v) is 5.09. The van der Waals surface area contributed by atoms with Gasteiger partial charge in [-0.2, -0.15) is 0 Å². The Morgan fingerprint density at radius 3 is 2.11 bits per heavy atom. The lowest BCUT2D eigenvalue weighted by Gasteiger charge is -2.30. The van der Waals surface area contributed by atoms with Crippen molar-refractivity contribution in [1.82, 2.24) is 9.80 Å². The SMILES string of the molecule is CCN(CC)C(=O)CN(C)C(=O)C1(N)CCCC1. The molecule has 0 bridgehead atoms. The number of likely N-dealkylation sites (N-methyl/N-ethyl adjacent to an activating group) is 2. The highest BCUT2D eigenvalue weighted by Gasteiger charge is 2.39. The maximum atomic E-state index is 12.2. The van der Waals surface area contributed by atoms with Crippen LogP contribution < -0.4 is 5.73 Å². The van der Waals surface area contributed by atoms with Crippen LogP contribution in [0, 0.1) is 0 Å². The Hall–Kier alpha value is -1.10. The molecule has 0 aliphatic heterocycles. The van der Waals surface area contributed by atoms with Gasteiger partial charge in [0.1, 0.15) is 0 Å². The molecule has 0 heterocycles. The van der Waals surface area contributed by atoms with E-state index in [-0.39, 0.29) is 18.4 Å². The highest BCUT2D eigenvalue weighted by Crippen LogP contribution is 2.28. The molecule has 1 rings (SSSR count). The van der Waals surface area contributed by atoms with E-state index in [0.29, 0.717) is 13.1 Å². The molecule has 0 atom stereocenters. The van der Waals surface area contributed by atoms with Gasteiger partial charge in [0.25, 0.3) is 0 Å². The van der Waals surface area contributed by atoms with Crippen LogP contribution in [0.3, 0.4) is 0 Å². The fraction of sp³-hybridized carbons (Fsp3) is 0.846. The van der Waals surface area contributed by atoms with Crippen LogP contribution in [0.1, 0.15) is 39.5 Å². The van der Waals surface area contributed by atoms with Crippen molar-refractivity contribution in [3.8, 4) is 0 Å². The lowest BCUT2D eigenvalue weighted by Crippen LogP contribution is -2.54. The summed E-state index contributed by atoms with van der Waals surface area (Å²) >= 11 is 0. The molecule has 1 aliphatic carbocycles. The molecule has 2 amide bonds. The number of carbonyl (C=O) groups excluding carboxylic acids is 2. The Balaban J connectivity index is 2.57. The second kappa shape index (κ2) is 6.18. The molecular formula is C13H25N3O2. The maximum Gasteiger partial charge on any atom is 0.242 e. The summed E-state index contributed by atoms with van der Waals surface area (Å²) in [4.78, 5) is 27.4.